The molecule has 1 amide bonds. The third-order valence-corrected chi connectivity index (χ3v) is 4.02. The molecule has 2 fully saturated rings. The van der Waals surface area contributed by atoms with Crippen molar-refractivity contribution in [3.8, 4) is 0 Å². The van der Waals surface area contributed by atoms with Gasteiger partial charge in [0.05, 0.1) is 12.7 Å². The molecule has 0 bridgehead atoms. The van der Waals surface area contributed by atoms with Gasteiger partial charge in [-0.25, -0.2) is 0 Å². The van der Waals surface area contributed by atoms with Crippen molar-refractivity contribution in [2.24, 2.45) is 5.92 Å². The van der Waals surface area contributed by atoms with Crippen molar-refractivity contribution in [3.05, 3.63) is 0 Å². The third-order valence-electron chi connectivity index (χ3n) is 4.02. The molecule has 18 heavy (non-hydrogen) atoms. The molecule has 0 aromatic carbocycles. The normalized spacial score (nSPS) is 22.9. The number of hydrogen-bond acceptors (Lipinski definition) is 3. The van der Waals surface area contributed by atoms with E-state index in [1.807, 2.05) is 0 Å². The first-order valence-corrected chi connectivity index (χ1v) is 7.46. The summed E-state index contributed by atoms with van der Waals surface area (Å²) in [5.41, 5.74) is 0. The molecule has 1 heterocycles. The second-order valence-corrected chi connectivity index (χ2v) is 5.45. The SMILES string of the molecule is O=C(NCCOC1CCCCC1)C1CCNCC1. The lowest BCUT2D eigenvalue weighted by Gasteiger charge is -2.23. The fourth-order valence-electron chi connectivity index (χ4n) is 2.86. The molecule has 1 aliphatic carbocycles. The highest BCUT2D eigenvalue weighted by atomic mass is 16.5. The standard InChI is InChI=1S/C14H26N2O2/c17-14(12-6-8-15-9-7-12)16-10-11-18-13-4-2-1-3-5-13/h12-13,15H,1-11H2,(H,16,17). The first-order chi connectivity index (χ1) is 8.86. The fraction of sp³-hybridized carbons (Fsp3) is 0.929. The van der Waals surface area contributed by atoms with Gasteiger partial charge in [0.2, 0.25) is 5.91 Å². The van der Waals surface area contributed by atoms with Crippen LogP contribution in [0.15, 0.2) is 0 Å². The summed E-state index contributed by atoms with van der Waals surface area (Å²) in [5.74, 6) is 0.421. The summed E-state index contributed by atoms with van der Waals surface area (Å²) >= 11 is 0. The number of ether oxygens (including phenoxy) is 1. The number of piperidine rings is 1. The molecule has 1 aliphatic heterocycles. The van der Waals surface area contributed by atoms with Crippen LogP contribution in [0.5, 0.6) is 0 Å². The number of rotatable bonds is 5. The lowest BCUT2D eigenvalue weighted by atomic mass is 9.97. The zero-order chi connectivity index (χ0) is 12.6. The van der Waals surface area contributed by atoms with Gasteiger partial charge in [0.1, 0.15) is 0 Å². The monoisotopic (exact) mass is 254 g/mol. The van der Waals surface area contributed by atoms with E-state index in [2.05, 4.69) is 10.6 Å². The summed E-state index contributed by atoms with van der Waals surface area (Å²) in [6.07, 6.45) is 8.72. The first-order valence-electron chi connectivity index (χ1n) is 7.46. The summed E-state index contributed by atoms with van der Waals surface area (Å²) < 4.78 is 5.79. The molecule has 0 radical (unpaired) electrons. The molecule has 4 heteroatoms. The van der Waals surface area contributed by atoms with Crippen LogP contribution in [0, 0.1) is 5.92 Å². The van der Waals surface area contributed by atoms with E-state index in [1.54, 1.807) is 0 Å². The van der Waals surface area contributed by atoms with E-state index in [1.165, 1.54) is 32.1 Å². The maximum absolute atomic E-state index is 11.9. The molecule has 0 unspecified atom stereocenters. The Hall–Kier alpha value is -0.610. The summed E-state index contributed by atoms with van der Waals surface area (Å²) in [6.45, 7) is 3.27. The second-order valence-electron chi connectivity index (χ2n) is 5.45. The number of amides is 1. The molecule has 0 atom stereocenters. The van der Waals surface area contributed by atoms with Gasteiger partial charge in [-0.05, 0) is 38.8 Å². The van der Waals surface area contributed by atoms with E-state index in [-0.39, 0.29) is 11.8 Å². The predicted molar refractivity (Wildman–Crippen MR) is 71.4 cm³/mol. The van der Waals surface area contributed by atoms with Crippen molar-refractivity contribution in [1.29, 1.82) is 0 Å². The average Bonchev–Trinajstić information content (AvgIpc) is 2.45. The molecule has 0 spiro atoms. The Labute approximate surface area is 110 Å². The molecular weight excluding hydrogens is 228 g/mol. The molecule has 0 aromatic rings. The van der Waals surface area contributed by atoms with Crippen molar-refractivity contribution in [2.75, 3.05) is 26.2 Å². The Morgan fingerprint density at radius 3 is 2.56 bits per heavy atom. The van der Waals surface area contributed by atoms with Gasteiger partial charge in [0.15, 0.2) is 0 Å². The summed E-state index contributed by atoms with van der Waals surface area (Å²) in [4.78, 5) is 11.9. The van der Waals surface area contributed by atoms with E-state index < -0.39 is 0 Å². The largest absolute Gasteiger partial charge is 0.376 e. The van der Waals surface area contributed by atoms with Gasteiger partial charge in [-0.15, -0.1) is 0 Å². The average molecular weight is 254 g/mol. The quantitative estimate of drug-likeness (QED) is 0.730. The van der Waals surface area contributed by atoms with Gasteiger partial charge in [-0.1, -0.05) is 19.3 Å². The second kappa shape index (κ2) is 7.74. The minimum Gasteiger partial charge on any atom is -0.376 e. The molecular formula is C14H26N2O2. The first kappa shape index (κ1) is 13.8. The zero-order valence-corrected chi connectivity index (χ0v) is 11.2. The van der Waals surface area contributed by atoms with E-state index in [0.29, 0.717) is 19.3 Å². The Morgan fingerprint density at radius 1 is 1.11 bits per heavy atom. The molecule has 4 nitrogen and oxygen atoms in total. The molecule has 2 aliphatic rings. The Morgan fingerprint density at radius 2 is 1.83 bits per heavy atom. The van der Waals surface area contributed by atoms with Crippen LogP contribution >= 0.6 is 0 Å². The van der Waals surface area contributed by atoms with Crippen molar-refractivity contribution in [2.45, 2.75) is 51.0 Å². The van der Waals surface area contributed by atoms with Crippen LogP contribution in [0.2, 0.25) is 0 Å². The van der Waals surface area contributed by atoms with E-state index in [4.69, 9.17) is 4.74 Å². The number of carbonyl (C=O) groups is 1. The van der Waals surface area contributed by atoms with Crippen molar-refractivity contribution in [3.63, 3.8) is 0 Å². The van der Waals surface area contributed by atoms with Gasteiger partial charge in [0, 0.05) is 12.5 Å². The Balaban J connectivity index is 1.52. The highest BCUT2D eigenvalue weighted by Gasteiger charge is 2.20. The maximum atomic E-state index is 11.9. The smallest absolute Gasteiger partial charge is 0.223 e. The van der Waals surface area contributed by atoms with Gasteiger partial charge in [-0.2, -0.15) is 0 Å². The van der Waals surface area contributed by atoms with Crippen LogP contribution in [-0.2, 0) is 9.53 Å². The van der Waals surface area contributed by atoms with Crippen LogP contribution in [0.1, 0.15) is 44.9 Å². The number of hydrogen-bond donors (Lipinski definition) is 2. The molecule has 1 saturated carbocycles. The van der Waals surface area contributed by atoms with Crippen LogP contribution in [0.4, 0.5) is 0 Å². The summed E-state index contributed by atoms with van der Waals surface area (Å²) in [7, 11) is 0. The molecule has 0 aromatic heterocycles. The Bertz CT molecular complexity index is 246. The van der Waals surface area contributed by atoms with Crippen molar-refractivity contribution in [1.82, 2.24) is 10.6 Å². The van der Waals surface area contributed by atoms with Crippen LogP contribution in [0.25, 0.3) is 0 Å². The minimum atomic E-state index is 0.209. The topological polar surface area (TPSA) is 50.4 Å². The molecule has 2 rings (SSSR count). The third kappa shape index (κ3) is 4.58. The lowest BCUT2D eigenvalue weighted by Crippen LogP contribution is -2.39. The van der Waals surface area contributed by atoms with E-state index in [0.717, 1.165) is 25.9 Å². The highest BCUT2D eigenvalue weighted by Crippen LogP contribution is 2.19. The van der Waals surface area contributed by atoms with Crippen molar-refractivity contribution < 1.29 is 9.53 Å². The van der Waals surface area contributed by atoms with Gasteiger partial charge < -0.3 is 15.4 Å². The van der Waals surface area contributed by atoms with Crippen molar-refractivity contribution >= 4 is 5.91 Å². The molecule has 2 N–H and O–H groups in total. The molecule has 104 valence electrons. The van der Waals surface area contributed by atoms with E-state index >= 15 is 0 Å². The van der Waals surface area contributed by atoms with Gasteiger partial charge in [0.25, 0.3) is 0 Å². The molecule has 1 saturated heterocycles. The summed E-state index contributed by atoms with van der Waals surface area (Å²) in [6, 6.07) is 0. The van der Waals surface area contributed by atoms with Crippen LogP contribution in [-0.4, -0.2) is 38.3 Å². The zero-order valence-electron chi connectivity index (χ0n) is 11.2. The Kier molecular flexibility index (Phi) is 5.94. The minimum absolute atomic E-state index is 0.209. The van der Waals surface area contributed by atoms with Gasteiger partial charge in [-0.3, -0.25) is 4.79 Å². The predicted octanol–water partition coefficient (Wildman–Crippen LogP) is 1.45. The number of carbonyl (C=O) groups excluding carboxylic acids is 1. The maximum Gasteiger partial charge on any atom is 0.223 e. The van der Waals surface area contributed by atoms with Crippen LogP contribution in [0.3, 0.4) is 0 Å². The summed E-state index contributed by atoms with van der Waals surface area (Å²) in [5, 5.41) is 6.28. The highest BCUT2D eigenvalue weighted by molar-refractivity contribution is 5.78. The fourth-order valence-corrected chi connectivity index (χ4v) is 2.86. The van der Waals surface area contributed by atoms with Gasteiger partial charge >= 0.3 is 0 Å². The lowest BCUT2D eigenvalue weighted by molar-refractivity contribution is -0.126. The van der Waals surface area contributed by atoms with E-state index in [9.17, 15) is 4.79 Å². The van der Waals surface area contributed by atoms with Crippen LogP contribution < -0.4 is 10.6 Å². The number of nitrogens with one attached hydrogen (secondary N) is 2.